The van der Waals surface area contributed by atoms with Gasteiger partial charge in [0, 0.05) is 66.1 Å². The first-order valence-corrected chi connectivity index (χ1v) is 7.54. The van der Waals surface area contributed by atoms with Crippen molar-refractivity contribution in [3.63, 3.8) is 0 Å². The van der Waals surface area contributed by atoms with Crippen LogP contribution in [0.4, 0.5) is 0 Å². The first-order chi connectivity index (χ1) is 12.4. The van der Waals surface area contributed by atoms with E-state index in [2.05, 4.69) is 10.6 Å². The van der Waals surface area contributed by atoms with Gasteiger partial charge in [-0.2, -0.15) is 0 Å². The quantitative estimate of drug-likeness (QED) is 0.213. The van der Waals surface area contributed by atoms with Crippen LogP contribution in [-0.2, 0) is 52.2 Å². The molecule has 0 bridgehead atoms. The van der Waals surface area contributed by atoms with Gasteiger partial charge in [0.1, 0.15) is 0 Å². The minimum absolute atomic E-state index is 0. The van der Waals surface area contributed by atoms with E-state index in [1.807, 2.05) is 0 Å². The van der Waals surface area contributed by atoms with Crippen molar-refractivity contribution in [2.75, 3.05) is 13.1 Å². The van der Waals surface area contributed by atoms with Gasteiger partial charge in [-0.05, 0) is 24.3 Å². The van der Waals surface area contributed by atoms with Gasteiger partial charge < -0.3 is 42.8 Å². The Morgan fingerprint density at radius 2 is 0.938 bits per heavy atom. The number of allylic oxidation sites excluding steroid dienone is 10. The second-order valence-corrected chi connectivity index (χ2v) is 4.97. The van der Waals surface area contributed by atoms with Gasteiger partial charge in [0.15, 0.2) is 24.7 Å². The van der Waals surface area contributed by atoms with Crippen LogP contribution in [0.15, 0.2) is 72.2 Å². The molecular formula is C18H24N2Ni2O10-2. The van der Waals surface area contributed by atoms with Crippen molar-refractivity contribution in [1.29, 1.82) is 0 Å². The molecule has 0 spiro atoms. The molecule has 0 saturated carbocycles. The molecule has 14 heteroatoms. The Morgan fingerprint density at radius 1 is 0.656 bits per heavy atom. The van der Waals surface area contributed by atoms with Crippen molar-refractivity contribution < 1.29 is 84.3 Å². The van der Waals surface area contributed by atoms with Gasteiger partial charge in [0.25, 0.3) is 0 Å². The minimum Gasteiger partial charge on any atom is -0.870 e. The molecule has 2 rings (SSSR count). The normalized spacial score (nSPS) is 14.5. The summed E-state index contributed by atoms with van der Waals surface area (Å²) in [5.41, 5.74) is 0.979. The number of nitrogens with one attached hydrogen (secondary N) is 2. The molecule has 0 heterocycles. The SMILES string of the molecule is O=C([OH2+])CNC=C1C=CC=CC1=O.O=C([OH2+])CNC=C1C=CC=CC1=O.[Ni].[Ni].[OH-].[OH-].[OH-].[OH-]. The standard InChI is InChI=1S/2C9H9NO3.2Ni.4H2O/c2*11-8-4-2-1-3-7(8)5-10-6-9(12)13;;;;;;/h2*1-5,10H,6H2,(H,12,13);;;4*1H2/p-2. The summed E-state index contributed by atoms with van der Waals surface area (Å²) < 4.78 is 0. The van der Waals surface area contributed by atoms with E-state index in [4.69, 9.17) is 10.2 Å². The molecule has 0 aliphatic heterocycles. The maximum Gasteiger partial charge on any atom is 0.535 e. The van der Waals surface area contributed by atoms with E-state index in [1.165, 1.54) is 24.6 Å². The molecule has 0 saturated heterocycles. The average molecular weight is 546 g/mol. The van der Waals surface area contributed by atoms with E-state index >= 15 is 0 Å². The van der Waals surface area contributed by atoms with Crippen LogP contribution in [0, 0.1) is 0 Å². The molecule has 0 radical (unpaired) electrons. The summed E-state index contributed by atoms with van der Waals surface area (Å²) in [6.07, 6.45) is 15.8. The topological polar surface area (TPSA) is 258 Å². The Morgan fingerprint density at radius 3 is 1.19 bits per heavy atom. The largest absolute Gasteiger partial charge is 0.870 e. The van der Waals surface area contributed by atoms with Gasteiger partial charge in [-0.3, -0.25) is 9.59 Å². The van der Waals surface area contributed by atoms with Gasteiger partial charge >= 0.3 is 11.9 Å². The molecule has 0 aromatic rings. The van der Waals surface area contributed by atoms with Gasteiger partial charge in [0.05, 0.1) is 0 Å². The second-order valence-electron chi connectivity index (χ2n) is 4.97. The number of carbonyl (C=O) groups is 4. The minimum atomic E-state index is -0.709. The van der Waals surface area contributed by atoms with Crippen LogP contribution in [0.25, 0.3) is 0 Å². The van der Waals surface area contributed by atoms with Crippen molar-refractivity contribution in [2.45, 2.75) is 0 Å². The van der Waals surface area contributed by atoms with Crippen LogP contribution in [0.5, 0.6) is 0 Å². The summed E-state index contributed by atoms with van der Waals surface area (Å²) in [5.74, 6) is -1.63. The molecule has 0 fully saturated rings. The van der Waals surface area contributed by atoms with E-state index in [0.717, 1.165) is 0 Å². The molecule has 10 N–H and O–H groups in total. The van der Waals surface area contributed by atoms with E-state index in [0.29, 0.717) is 11.1 Å². The number of hydrogen-bond acceptors (Lipinski definition) is 10. The fourth-order valence-corrected chi connectivity index (χ4v) is 1.71. The van der Waals surface area contributed by atoms with E-state index < -0.39 is 11.9 Å². The third-order valence-electron chi connectivity index (χ3n) is 2.88. The van der Waals surface area contributed by atoms with Crippen molar-refractivity contribution in [3.8, 4) is 0 Å². The number of carbonyl (C=O) groups excluding carboxylic acids is 4. The van der Waals surface area contributed by atoms with Gasteiger partial charge in [-0.1, -0.05) is 24.3 Å². The van der Waals surface area contributed by atoms with Crippen LogP contribution in [0.2, 0.25) is 0 Å². The van der Waals surface area contributed by atoms with E-state index in [1.54, 1.807) is 36.5 Å². The predicted octanol–water partition coefficient (Wildman–Crippen LogP) is -1.90. The smallest absolute Gasteiger partial charge is 0.535 e. The zero-order valence-electron chi connectivity index (χ0n) is 16.2. The van der Waals surface area contributed by atoms with Gasteiger partial charge in [-0.25, -0.2) is 0 Å². The van der Waals surface area contributed by atoms with Crippen molar-refractivity contribution >= 4 is 23.5 Å². The van der Waals surface area contributed by atoms with E-state index in [9.17, 15) is 19.2 Å². The molecule has 0 unspecified atom stereocenters. The van der Waals surface area contributed by atoms with Crippen LogP contribution >= 0.6 is 0 Å². The third-order valence-corrected chi connectivity index (χ3v) is 2.88. The molecule has 188 valence electrons. The molecule has 0 amide bonds. The first-order valence-electron chi connectivity index (χ1n) is 7.54. The van der Waals surface area contributed by atoms with Crippen LogP contribution in [0.1, 0.15) is 0 Å². The Bertz CT molecular complexity index is 708. The fourth-order valence-electron chi connectivity index (χ4n) is 1.71. The van der Waals surface area contributed by atoms with Crippen molar-refractivity contribution in [1.82, 2.24) is 10.6 Å². The number of hydrogen-bond donors (Lipinski definition) is 2. The Balaban J connectivity index is -0.0000000889. The molecule has 12 nitrogen and oxygen atoms in total. The Labute approximate surface area is 203 Å². The summed E-state index contributed by atoms with van der Waals surface area (Å²) in [5, 5.41) is 18.4. The van der Waals surface area contributed by atoms with Crippen LogP contribution in [-0.4, -0.2) is 68.7 Å². The summed E-state index contributed by atoms with van der Waals surface area (Å²) in [6, 6.07) is 0. The predicted molar refractivity (Wildman–Crippen MR) is 104 cm³/mol. The fraction of sp³-hybridized carbons (Fsp3) is 0.111. The van der Waals surface area contributed by atoms with Gasteiger partial charge in [0.2, 0.25) is 0 Å². The van der Waals surface area contributed by atoms with Crippen LogP contribution < -0.4 is 10.6 Å². The molecule has 2 aliphatic carbocycles. The molecule has 0 atom stereocenters. The van der Waals surface area contributed by atoms with Crippen molar-refractivity contribution in [3.05, 3.63) is 72.2 Å². The number of rotatable bonds is 6. The maximum absolute atomic E-state index is 11.1. The van der Waals surface area contributed by atoms with Crippen LogP contribution in [0.3, 0.4) is 0 Å². The summed E-state index contributed by atoms with van der Waals surface area (Å²) >= 11 is 0. The number of ketones is 2. The Hall–Kier alpha value is -2.85. The summed E-state index contributed by atoms with van der Waals surface area (Å²) in [7, 11) is 0. The molecule has 0 aromatic heterocycles. The third kappa shape index (κ3) is 19.1. The summed E-state index contributed by atoms with van der Waals surface area (Å²) in [6.45, 7) is -0.150. The molecule has 2 aliphatic rings. The monoisotopic (exact) mass is 544 g/mol. The van der Waals surface area contributed by atoms with Crippen molar-refractivity contribution in [2.24, 2.45) is 0 Å². The zero-order valence-corrected chi connectivity index (χ0v) is 18.2. The second kappa shape index (κ2) is 24.4. The first kappa shape index (κ1) is 43.1. The summed E-state index contributed by atoms with van der Waals surface area (Å²) in [4.78, 5) is 42.6. The maximum atomic E-state index is 11.1. The molecule has 0 aromatic carbocycles. The molecular weight excluding hydrogens is 522 g/mol. The average Bonchev–Trinajstić information content (AvgIpc) is 2.58. The van der Waals surface area contributed by atoms with Gasteiger partial charge in [-0.15, -0.1) is 0 Å². The van der Waals surface area contributed by atoms with E-state index in [-0.39, 0.29) is 79.5 Å². The Kier molecular flexibility index (Phi) is 32.9. The molecule has 32 heavy (non-hydrogen) atoms. The zero-order chi connectivity index (χ0) is 19.4.